The van der Waals surface area contributed by atoms with Crippen molar-refractivity contribution in [3.63, 3.8) is 0 Å². The fraction of sp³-hybridized carbons (Fsp3) is 0.696. The number of carbonyl (C=O) groups is 1. The van der Waals surface area contributed by atoms with E-state index in [2.05, 4.69) is 33.9 Å². The Morgan fingerprint density at radius 3 is 2.28 bits per heavy atom. The topological polar surface area (TPSA) is 51.2 Å². The normalized spacial score (nSPS) is 21.6. The minimum absolute atomic E-state index is 0.111. The van der Waals surface area contributed by atoms with E-state index in [0.29, 0.717) is 25.3 Å². The Balaban J connectivity index is 1.63. The summed E-state index contributed by atoms with van der Waals surface area (Å²) < 4.78 is 33.3. The largest absolute Gasteiger partial charge is 0.494 e. The Morgan fingerprint density at radius 1 is 1.16 bits per heavy atom. The van der Waals surface area contributed by atoms with E-state index in [9.17, 15) is 4.79 Å². The van der Waals surface area contributed by atoms with Crippen LogP contribution in [0, 0.1) is 5.82 Å². The van der Waals surface area contributed by atoms with Gasteiger partial charge in [0.25, 0.3) is 0 Å². The maximum Gasteiger partial charge on any atom is 0.494 e. The third-order valence-electron chi connectivity index (χ3n) is 7.47. The summed E-state index contributed by atoms with van der Waals surface area (Å²) in [6, 6.07) is 4.83. The lowest BCUT2D eigenvalue weighted by atomic mass is 9.79. The van der Waals surface area contributed by atoms with E-state index >= 15 is 4.39 Å². The van der Waals surface area contributed by atoms with Gasteiger partial charge in [0.1, 0.15) is 5.82 Å². The van der Waals surface area contributed by atoms with Gasteiger partial charge in [0.2, 0.25) is 5.91 Å². The SMILES string of the molecule is CC1(C)OB(c2ccc(N3CN(CCO[Si](C)(C)C(C)(C)C)CC3=O)c(F)c2)OC1(C)C. The number of rotatable bonds is 6. The zero-order valence-corrected chi connectivity index (χ0v) is 22.0. The maximum absolute atomic E-state index is 15.0. The van der Waals surface area contributed by atoms with Crippen molar-refractivity contribution in [2.45, 2.75) is 77.8 Å². The van der Waals surface area contributed by atoms with Crippen LogP contribution in [0.15, 0.2) is 18.2 Å². The van der Waals surface area contributed by atoms with Crippen molar-refractivity contribution in [1.29, 1.82) is 0 Å². The molecule has 2 aliphatic rings. The second-order valence-electron chi connectivity index (χ2n) is 11.4. The molecule has 6 nitrogen and oxygen atoms in total. The van der Waals surface area contributed by atoms with Gasteiger partial charge in [-0.15, -0.1) is 0 Å². The van der Waals surface area contributed by atoms with Crippen molar-refractivity contribution in [3.8, 4) is 0 Å². The third kappa shape index (κ3) is 4.97. The first kappa shape index (κ1) is 25.4. The van der Waals surface area contributed by atoms with Crippen LogP contribution in [0.4, 0.5) is 10.1 Å². The van der Waals surface area contributed by atoms with Crippen molar-refractivity contribution in [2.75, 3.05) is 31.3 Å². The van der Waals surface area contributed by atoms with Gasteiger partial charge >= 0.3 is 7.12 Å². The van der Waals surface area contributed by atoms with Crippen LogP contribution >= 0.6 is 0 Å². The van der Waals surface area contributed by atoms with Crippen molar-refractivity contribution in [3.05, 3.63) is 24.0 Å². The van der Waals surface area contributed by atoms with Crippen LogP contribution in [0.1, 0.15) is 48.5 Å². The van der Waals surface area contributed by atoms with E-state index in [1.807, 2.05) is 32.6 Å². The highest BCUT2D eigenvalue weighted by Crippen LogP contribution is 2.37. The molecule has 0 aliphatic carbocycles. The van der Waals surface area contributed by atoms with Gasteiger partial charge in [-0.2, -0.15) is 0 Å². The van der Waals surface area contributed by atoms with Gasteiger partial charge < -0.3 is 13.7 Å². The number of hydrogen-bond acceptors (Lipinski definition) is 5. The maximum atomic E-state index is 15.0. The van der Waals surface area contributed by atoms with Gasteiger partial charge in [-0.05, 0) is 63.4 Å². The average Bonchev–Trinajstić information content (AvgIpc) is 3.09. The van der Waals surface area contributed by atoms with Crippen molar-refractivity contribution >= 4 is 32.5 Å². The minimum atomic E-state index is -1.83. The Labute approximate surface area is 193 Å². The highest BCUT2D eigenvalue weighted by Gasteiger charge is 2.52. The van der Waals surface area contributed by atoms with Gasteiger partial charge in [0.05, 0.1) is 30.1 Å². The van der Waals surface area contributed by atoms with E-state index < -0.39 is 32.5 Å². The number of nitrogens with zero attached hydrogens (tertiary/aromatic N) is 2. The summed E-state index contributed by atoms with van der Waals surface area (Å²) in [6.07, 6.45) is 0. The number of hydrogen-bond donors (Lipinski definition) is 0. The molecule has 0 unspecified atom stereocenters. The zero-order valence-electron chi connectivity index (χ0n) is 21.0. The summed E-state index contributed by atoms with van der Waals surface area (Å²) in [7, 11) is -2.47. The molecule has 0 spiro atoms. The molecule has 2 heterocycles. The first-order chi connectivity index (χ1) is 14.5. The molecule has 0 saturated carbocycles. The van der Waals surface area contributed by atoms with Gasteiger partial charge in [-0.3, -0.25) is 14.6 Å². The lowest BCUT2D eigenvalue weighted by Gasteiger charge is -2.36. The van der Waals surface area contributed by atoms with E-state index in [1.54, 1.807) is 12.1 Å². The molecule has 0 atom stereocenters. The van der Waals surface area contributed by atoms with Crippen LogP contribution in [0.2, 0.25) is 18.1 Å². The van der Waals surface area contributed by atoms with Crippen LogP contribution in [-0.2, 0) is 18.5 Å². The molecule has 0 bridgehead atoms. The van der Waals surface area contributed by atoms with E-state index in [4.69, 9.17) is 13.7 Å². The molecule has 0 N–H and O–H groups in total. The van der Waals surface area contributed by atoms with Gasteiger partial charge in [-0.1, -0.05) is 26.8 Å². The quantitative estimate of drug-likeness (QED) is 0.601. The molecule has 178 valence electrons. The minimum Gasteiger partial charge on any atom is -0.416 e. The molecule has 2 saturated heterocycles. The average molecular weight is 464 g/mol. The predicted octanol–water partition coefficient (Wildman–Crippen LogP) is 3.75. The smallest absolute Gasteiger partial charge is 0.416 e. The van der Waals surface area contributed by atoms with Gasteiger partial charge in [-0.25, -0.2) is 4.39 Å². The molecule has 0 aromatic heterocycles. The number of benzene rings is 1. The van der Waals surface area contributed by atoms with Crippen molar-refractivity contribution in [1.82, 2.24) is 4.90 Å². The van der Waals surface area contributed by atoms with Gasteiger partial charge in [0, 0.05) is 13.2 Å². The second kappa shape index (κ2) is 8.51. The summed E-state index contributed by atoms with van der Waals surface area (Å²) in [5.74, 6) is -0.565. The van der Waals surface area contributed by atoms with Crippen molar-refractivity contribution in [2.24, 2.45) is 0 Å². The number of carbonyl (C=O) groups excluding carboxylic acids is 1. The zero-order chi connectivity index (χ0) is 24.1. The summed E-state index contributed by atoms with van der Waals surface area (Å²) in [5.41, 5.74) is -0.102. The highest BCUT2D eigenvalue weighted by atomic mass is 28.4. The molecule has 0 radical (unpaired) electrons. The number of anilines is 1. The van der Waals surface area contributed by atoms with Crippen LogP contribution in [-0.4, -0.2) is 63.8 Å². The third-order valence-corrected chi connectivity index (χ3v) is 12.0. The molecule has 2 fully saturated rings. The van der Waals surface area contributed by atoms with E-state index in [1.165, 1.54) is 11.0 Å². The number of halogens is 1. The standard InChI is InChI=1S/C23H38BFN2O4Si/c1-21(2,3)32(8,9)29-13-12-26-15-20(28)27(16-26)19-11-10-17(14-18(19)25)24-30-22(4,5)23(6,7)31-24/h10-11,14H,12-13,15-16H2,1-9H3. The fourth-order valence-corrected chi connectivity index (χ4v) is 4.51. The molecule has 32 heavy (non-hydrogen) atoms. The monoisotopic (exact) mass is 464 g/mol. The van der Waals surface area contributed by atoms with Crippen LogP contribution < -0.4 is 10.4 Å². The first-order valence-corrected chi connectivity index (χ1v) is 14.3. The van der Waals surface area contributed by atoms with E-state index in [0.717, 1.165) is 0 Å². The summed E-state index contributed by atoms with van der Waals surface area (Å²) in [5, 5.41) is 0.141. The molecule has 9 heteroatoms. The molecular weight excluding hydrogens is 426 g/mol. The Kier molecular flexibility index (Phi) is 6.74. The lowest BCUT2D eigenvalue weighted by Crippen LogP contribution is -2.42. The number of amides is 1. The second-order valence-corrected chi connectivity index (χ2v) is 16.2. The van der Waals surface area contributed by atoms with Crippen LogP contribution in [0.5, 0.6) is 0 Å². The molecule has 1 aromatic carbocycles. The van der Waals surface area contributed by atoms with Crippen molar-refractivity contribution < 1.29 is 22.9 Å². The van der Waals surface area contributed by atoms with Crippen LogP contribution in [0.3, 0.4) is 0 Å². The first-order valence-electron chi connectivity index (χ1n) is 11.4. The molecule has 1 aromatic rings. The Bertz CT molecular complexity index is 856. The lowest BCUT2D eigenvalue weighted by molar-refractivity contribution is -0.116. The summed E-state index contributed by atoms with van der Waals surface area (Å²) in [4.78, 5) is 16.1. The summed E-state index contributed by atoms with van der Waals surface area (Å²) in [6.45, 7) is 20.7. The van der Waals surface area contributed by atoms with Gasteiger partial charge in [0.15, 0.2) is 8.32 Å². The molecule has 3 rings (SSSR count). The summed E-state index contributed by atoms with van der Waals surface area (Å²) >= 11 is 0. The van der Waals surface area contributed by atoms with E-state index in [-0.39, 0.29) is 23.2 Å². The Morgan fingerprint density at radius 2 is 1.75 bits per heavy atom. The molecule has 1 amide bonds. The van der Waals surface area contributed by atoms with Crippen LogP contribution in [0.25, 0.3) is 0 Å². The molecular formula is C23H38BFN2O4Si. The Hall–Kier alpha value is -1.26. The predicted molar refractivity (Wildman–Crippen MR) is 129 cm³/mol. The molecule has 2 aliphatic heterocycles. The highest BCUT2D eigenvalue weighted by molar-refractivity contribution is 6.74. The fourth-order valence-electron chi connectivity index (χ4n) is 3.48.